The molecule has 1 rings (SSSR count). The Morgan fingerprint density at radius 1 is 1.43 bits per heavy atom. The first kappa shape index (κ1) is 11.0. The Balaban J connectivity index is 2.71. The van der Waals surface area contributed by atoms with Gasteiger partial charge >= 0.3 is 0 Å². The molecule has 0 unspecified atom stereocenters. The van der Waals surface area contributed by atoms with E-state index >= 15 is 0 Å². The fourth-order valence-electron chi connectivity index (χ4n) is 0.712. The van der Waals surface area contributed by atoms with Crippen LogP contribution >= 0.6 is 0 Å². The number of hydrogen-bond donors (Lipinski definition) is 0. The summed E-state index contributed by atoms with van der Waals surface area (Å²) in [4.78, 5) is 4.05. The maximum absolute atomic E-state index is 11.5. The minimum absolute atomic E-state index is 0.314. The minimum atomic E-state index is -1.21. The van der Waals surface area contributed by atoms with E-state index in [9.17, 15) is 4.21 Å². The molecule has 0 N–H and O–H groups in total. The van der Waals surface area contributed by atoms with Crippen LogP contribution in [0.4, 0.5) is 0 Å². The Morgan fingerprint density at radius 3 is 2.64 bits per heavy atom. The van der Waals surface area contributed by atoms with Crippen LogP contribution in [-0.2, 0) is 11.0 Å². The van der Waals surface area contributed by atoms with Gasteiger partial charge < -0.3 is 0 Å². The molecule has 0 radical (unpaired) electrons. The van der Waals surface area contributed by atoms with Crippen molar-refractivity contribution in [3.05, 3.63) is 30.1 Å². The highest BCUT2D eigenvalue weighted by Gasteiger charge is 2.17. The molecule has 0 amide bonds. The minimum Gasteiger partial charge on any atom is -0.255 e. The van der Waals surface area contributed by atoms with Gasteiger partial charge in [0.15, 0.2) is 0 Å². The van der Waals surface area contributed by atoms with E-state index in [0.717, 1.165) is 5.69 Å². The highest BCUT2D eigenvalue weighted by molar-refractivity contribution is 7.85. The zero-order valence-corrected chi connectivity index (χ0v) is 9.41. The van der Waals surface area contributed by atoms with Crippen molar-refractivity contribution in [3.63, 3.8) is 0 Å². The van der Waals surface area contributed by atoms with Crippen molar-refractivity contribution < 1.29 is 4.21 Å². The summed E-state index contributed by atoms with van der Waals surface area (Å²) in [6.07, 6.45) is 3.22. The number of nitrogens with zero attached hydrogens (tertiary/aromatic N) is 2. The van der Waals surface area contributed by atoms with Crippen molar-refractivity contribution in [3.8, 4) is 0 Å². The highest BCUT2D eigenvalue weighted by Crippen LogP contribution is 2.11. The molecular formula is C10H14N2OS. The number of rotatable bonds is 2. The van der Waals surface area contributed by atoms with Crippen molar-refractivity contribution in [2.24, 2.45) is 4.40 Å². The smallest absolute Gasteiger partial charge is 0.144 e. The first-order valence-electron chi connectivity index (χ1n) is 4.37. The first-order chi connectivity index (χ1) is 6.50. The van der Waals surface area contributed by atoms with Crippen LogP contribution in [0.1, 0.15) is 26.5 Å². The normalized spacial score (nSPS) is 14.5. The third kappa shape index (κ3) is 3.38. The van der Waals surface area contributed by atoms with Gasteiger partial charge in [-0.1, -0.05) is 6.07 Å². The molecule has 0 fully saturated rings. The van der Waals surface area contributed by atoms with E-state index in [1.807, 2.05) is 39.0 Å². The van der Waals surface area contributed by atoms with Crippen LogP contribution in [0.5, 0.6) is 0 Å². The first-order valence-corrected chi connectivity index (χ1v) is 5.48. The quantitative estimate of drug-likeness (QED) is 0.700. The van der Waals surface area contributed by atoms with E-state index < -0.39 is 11.0 Å². The van der Waals surface area contributed by atoms with Gasteiger partial charge in [0, 0.05) is 6.20 Å². The van der Waals surface area contributed by atoms with Gasteiger partial charge in [0.05, 0.1) is 16.7 Å². The van der Waals surface area contributed by atoms with Gasteiger partial charge in [-0.3, -0.25) is 4.98 Å². The largest absolute Gasteiger partial charge is 0.255 e. The lowest BCUT2D eigenvalue weighted by Gasteiger charge is -2.12. The summed E-state index contributed by atoms with van der Waals surface area (Å²) >= 11 is 0. The lowest BCUT2D eigenvalue weighted by atomic mass is 10.3. The average Bonchev–Trinajstić information content (AvgIpc) is 2.14. The molecule has 1 aromatic rings. The molecule has 14 heavy (non-hydrogen) atoms. The third-order valence-electron chi connectivity index (χ3n) is 1.49. The van der Waals surface area contributed by atoms with Crippen molar-refractivity contribution in [2.75, 3.05) is 0 Å². The van der Waals surface area contributed by atoms with Crippen LogP contribution in [0, 0.1) is 0 Å². The van der Waals surface area contributed by atoms with E-state index in [4.69, 9.17) is 0 Å². The van der Waals surface area contributed by atoms with Gasteiger partial charge in [-0.05, 0) is 32.9 Å². The average molecular weight is 210 g/mol. The summed E-state index contributed by atoms with van der Waals surface area (Å²) in [6, 6.07) is 5.52. The van der Waals surface area contributed by atoms with Crippen LogP contribution in [0.2, 0.25) is 0 Å². The van der Waals surface area contributed by atoms with Crippen LogP contribution in [0.25, 0.3) is 0 Å². The monoisotopic (exact) mass is 210 g/mol. The second-order valence-corrected chi connectivity index (χ2v) is 5.78. The molecule has 1 atom stereocenters. The zero-order valence-electron chi connectivity index (χ0n) is 8.60. The van der Waals surface area contributed by atoms with Gasteiger partial charge in [0.25, 0.3) is 0 Å². The van der Waals surface area contributed by atoms with E-state index in [2.05, 4.69) is 9.38 Å². The SMILES string of the molecule is CC(C)(C)[S@](=O)/N=C/c1ccccn1. The molecule has 0 spiro atoms. The van der Waals surface area contributed by atoms with Gasteiger partial charge in [-0.25, -0.2) is 4.21 Å². The molecule has 0 bridgehead atoms. The van der Waals surface area contributed by atoms with Gasteiger partial charge in [0.2, 0.25) is 0 Å². The molecule has 1 heterocycles. The van der Waals surface area contributed by atoms with Crippen LogP contribution in [0.3, 0.4) is 0 Å². The van der Waals surface area contributed by atoms with Crippen molar-refractivity contribution in [1.29, 1.82) is 0 Å². The second-order valence-electron chi connectivity index (χ2n) is 3.85. The van der Waals surface area contributed by atoms with Crippen LogP contribution < -0.4 is 0 Å². The number of hydrogen-bond acceptors (Lipinski definition) is 2. The summed E-state index contributed by atoms with van der Waals surface area (Å²) in [6.45, 7) is 5.66. The van der Waals surface area contributed by atoms with Crippen molar-refractivity contribution in [2.45, 2.75) is 25.5 Å². The summed E-state index contributed by atoms with van der Waals surface area (Å²) in [5, 5.41) is 0. The second kappa shape index (κ2) is 4.46. The standard InChI is InChI=1S/C10H14N2OS/c1-10(2,3)14(13)12-8-9-6-4-5-7-11-9/h4-8H,1-3H3/b12-8+/t14-/m0/s1. The molecule has 76 valence electrons. The van der Waals surface area contributed by atoms with E-state index in [0.29, 0.717) is 0 Å². The molecule has 0 saturated carbocycles. The van der Waals surface area contributed by atoms with Gasteiger partial charge in [0.1, 0.15) is 11.0 Å². The Morgan fingerprint density at radius 2 is 2.14 bits per heavy atom. The topological polar surface area (TPSA) is 42.3 Å². The molecular weight excluding hydrogens is 196 g/mol. The van der Waals surface area contributed by atoms with Crippen molar-refractivity contribution in [1.82, 2.24) is 4.98 Å². The highest BCUT2D eigenvalue weighted by atomic mass is 32.2. The Labute approximate surface area is 86.9 Å². The van der Waals surface area contributed by atoms with Crippen molar-refractivity contribution >= 4 is 17.2 Å². The van der Waals surface area contributed by atoms with E-state index in [1.54, 1.807) is 12.4 Å². The van der Waals surface area contributed by atoms with E-state index in [1.165, 1.54) is 0 Å². The van der Waals surface area contributed by atoms with Crippen LogP contribution in [0.15, 0.2) is 28.8 Å². The predicted octanol–water partition coefficient (Wildman–Crippen LogP) is 1.96. The predicted molar refractivity (Wildman–Crippen MR) is 59.7 cm³/mol. The number of aromatic nitrogens is 1. The summed E-state index contributed by atoms with van der Waals surface area (Å²) < 4.78 is 15.2. The molecule has 4 heteroatoms. The summed E-state index contributed by atoms with van der Waals surface area (Å²) in [7, 11) is -1.21. The lowest BCUT2D eigenvalue weighted by molar-refractivity contribution is 0.651. The molecule has 1 aromatic heterocycles. The zero-order chi connectivity index (χ0) is 10.6. The fourth-order valence-corrected chi connectivity index (χ4v) is 1.23. The molecule has 0 saturated heterocycles. The fraction of sp³-hybridized carbons (Fsp3) is 0.400. The molecule has 0 aliphatic heterocycles. The Bertz CT molecular complexity index is 341. The van der Waals surface area contributed by atoms with Gasteiger partial charge in [-0.2, -0.15) is 4.40 Å². The van der Waals surface area contributed by atoms with Gasteiger partial charge in [-0.15, -0.1) is 0 Å². The number of pyridine rings is 1. The maximum Gasteiger partial charge on any atom is 0.144 e. The third-order valence-corrected chi connectivity index (χ3v) is 2.84. The van der Waals surface area contributed by atoms with Crippen LogP contribution in [-0.4, -0.2) is 20.2 Å². The Kier molecular flexibility index (Phi) is 3.52. The summed E-state index contributed by atoms with van der Waals surface area (Å²) in [5.41, 5.74) is 0.727. The maximum atomic E-state index is 11.5. The summed E-state index contributed by atoms with van der Waals surface area (Å²) in [5.74, 6) is 0. The Hall–Kier alpha value is -1.03. The van der Waals surface area contributed by atoms with E-state index in [-0.39, 0.29) is 4.75 Å². The lowest BCUT2D eigenvalue weighted by Crippen LogP contribution is -2.19. The molecule has 0 aromatic carbocycles. The molecule has 0 aliphatic rings. The molecule has 3 nitrogen and oxygen atoms in total. The molecule has 0 aliphatic carbocycles.